The maximum absolute atomic E-state index is 12.0. The fourth-order valence-corrected chi connectivity index (χ4v) is 2.03. The lowest BCUT2D eigenvalue weighted by Crippen LogP contribution is -2.41. The van der Waals surface area contributed by atoms with E-state index < -0.39 is 0 Å². The van der Waals surface area contributed by atoms with Crippen LogP contribution in [0.4, 0.5) is 0 Å². The zero-order valence-corrected chi connectivity index (χ0v) is 14.4. The molecule has 128 valence electrons. The normalized spacial score (nSPS) is 11.2. The molecule has 6 nitrogen and oxygen atoms in total. The highest BCUT2D eigenvalue weighted by Crippen LogP contribution is 2.14. The molecule has 0 bridgehead atoms. The fourth-order valence-electron chi connectivity index (χ4n) is 1.81. The van der Waals surface area contributed by atoms with Crippen molar-refractivity contribution in [2.24, 2.45) is 4.99 Å². The van der Waals surface area contributed by atoms with E-state index in [0.29, 0.717) is 49.4 Å². The molecule has 1 rings (SSSR count). The van der Waals surface area contributed by atoms with Crippen molar-refractivity contribution in [1.82, 2.24) is 16.0 Å². The zero-order chi connectivity index (χ0) is 16.9. The van der Waals surface area contributed by atoms with Crippen LogP contribution in [0.25, 0.3) is 0 Å². The summed E-state index contributed by atoms with van der Waals surface area (Å²) in [5, 5.41) is 9.56. The van der Waals surface area contributed by atoms with Gasteiger partial charge in [0.2, 0.25) is 0 Å². The Kier molecular flexibility index (Phi) is 9.83. The first-order valence-electron chi connectivity index (χ1n) is 7.81. The third kappa shape index (κ3) is 7.85. The summed E-state index contributed by atoms with van der Waals surface area (Å²) >= 11 is 5.99. The van der Waals surface area contributed by atoms with Crippen LogP contribution in [-0.2, 0) is 4.74 Å². The molecule has 3 N–H and O–H groups in total. The average molecular weight is 341 g/mol. The first-order chi connectivity index (χ1) is 11.2. The smallest absolute Gasteiger partial charge is 0.252 e. The molecule has 0 heterocycles. The lowest BCUT2D eigenvalue weighted by Gasteiger charge is -2.12. The summed E-state index contributed by atoms with van der Waals surface area (Å²) in [6.45, 7) is 7.63. The Morgan fingerprint density at radius 3 is 2.61 bits per heavy atom. The minimum atomic E-state index is -0.185. The first-order valence-corrected chi connectivity index (χ1v) is 8.19. The summed E-state index contributed by atoms with van der Waals surface area (Å²) < 4.78 is 5.25. The SMILES string of the molecule is CCNC(=NCCOCC)NCCNC(=O)c1ccccc1Cl. The van der Waals surface area contributed by atoms with Crippen LogP contribution in [0.1, 0.15) is 24.2 Å². The third-order valence-electron chi connectivity index (χ3n) is 2.88. The van der Waals surface area contributed by atoms with Crippen LogP contribution in [0.3, 0.4) is 0 Å². The minimum Gasteiger partial charge on any atom is -0.380 e. The summed E-state index contributed by atoms with van der Waals surface area (Å²) in [6, 6.07) is 6.98. The van der Waals surface area contributed by atoms with Gasteiger partial charge in [-0.25, -0.2) is 0 Å². The van der Waals surface area contributed by atoms with E-state index in [1.54, 1.807) is 24.3 Å². The number of guanidine groups is 1. The van der Waals surface area contributed by atoms with Gasteiger partial charge >= 0.3 is 0 Å². The molecule has 0 aromatic heterocycles. The second kappa shape index (κ2) is 11.7. The van der Waals surface area contributed by atoms with Crippen LogP contribution in [0.15, 0.2) is 29.3 Å². The van der Waals surface area contributed by atoms with Crippen LogP contribution in [0.2, 0.25) is 5.02 Å². The van der Waals surface area contributed by atoms with Crippen LogP contribution in [0.5, 0.6) is 0 Å². The van der Waals surface area contributed by atoms with E-state index in [4.69, 9.17) is 16.3 Å². The van der Waals surface area contributed by atoms with Crippen molar-refractivity contribution in [2.45, 2.75) is 13.8 Å². The highest BCUT2D eigenvalue weighted by atomic mass is 35.5. The number of nitrogens with one attached hydrogen (secondary N) is 3. The average Bonchev–Trinajstić information content (AvgIpc) is 2.55. The number of rotatable bonds is 9. The number of carbonyl (C=O) groups excluding carboxylic acids is 1. The van der Waals surface area contributed by atoms with Crippen LogP contribution in [-0.4, -0.2) is 51.3 Å². The number of ether oxygens (including phenoxy) is 1. The molecule has 23 heavy (non-hydrogen) atoms. The number of hydrogen-bond acceptors (Lipinski definition) is 3. The molecule has 0 aliphatic heterocycles. The largest absolute Gasteiger partial charge is 0.380 e. The van der Waals surface area contributed by atoms with E-state index in [1.165, 1.54) is 0 Å². The molecule has 0 atom stereocenters. The third-order valence-corrected chi connectivity index (χ3v) is 3.20. The lowest BCUT2D eigenvalue weighted by molar-refractivity contribution is 0.0954. The van der Waals surface area contributed by atoms with Crippen molar-refractivity contribution in [3.05, 3.63) is 34.9 Å². The number of aliphatic imine (C=N–C) groups is 1. The van der Waals surface area contributed by atoms with E-state index in [-0.39, 0.29) is 5.91 Å². The summed E-state index contributed by atoms with van der Waals surface area (Å²) in [6.07, 6.45) is 0. The molecule has 0 radical (unpaired) electrons. The number of carbonyl (C=O) groups is 1. The van der Waals surface area contributed by atoms with Crippen molar-refractivity contribution in [3.8, 4) is 0 Å². The standard InChI is InChI=1S/C16H25ClN4O2/c1-3-18-16(21-11-12-23-4-2)20-10-9-19-15(22)13-7-5-6-8-14(13)17/h5-8H,3-4,9-12H2,1-2H3,(H,19,22)(H2,18,20,21). The van der Waals surface area contributed by atoms with E-state index in [0.717, 1.165) is 6.54 Å². The second-order valence-electron chi connectivity index (χ2n) is 4.62. The van der Waals surface area contributed by atoms with Crippen LogP contribution in [0, 0.1) is 0 Å². The van der Waals surface area contributed by atoms with Gasteiger partial charge in [0.1, 0.15) is 0 Å². The molecule has 0 saturated heterocycles. The Morgan fingerprint density at radius 1 is 1.17 bits per heavy atom. The van der Waals surface area contributed by atoms with Crippen molar-refractivity contribution in [2.75, 3.05) is 39.4 Å². The number of hydrogen-bond donors (Lipinski definition) is 3. The van der Waals surface area contributed by atoms with Crippen molar-refractivity contribution in [1.29, 1.82) is 0 Å². The van der Waals surface area contributed by atoms with Crippen LogP contribution < -0.4 is 16.0 Å². The quantitative estimate of drug-likeness (QED) is 0.363. The van der Waals surface area contributed by atoms with Gasteiger partial charge in [-0.1, -0.05) is 23.7 Å². The summed E-state index contributed by atoms with van der Waals surface area (Å²) in [4.78, 5) is 16.4. The zero-order valence-electron chi connectivity index (χ0n) is 13.7. The molecular formula is C16H25ClN4O2. The molecule has 0 saturated carbocycles. The van der Waals surface area contributed by atoms with E-state index in [2.05, 4.69) is 20.9 Å². The Bertz CT molecular complexity index is 509. The van der Waals surface area contributed by atoms with E-state index in [9.17, 15) is 4.79 Å². The van der Waals surface area contributed by atoms with Crippen molar-refractivity contribution >= 4 is 23.5 Å². The molecule has 0 fully saturated rings. The number of amides is 1. The van der Waals surface area contributed by atoms with E-state index >= 15 is 0 Å². The fraction of sp³-hybridized carbons (Fsp3) is 0.500. The molecule has 1 aromatic rings. The van der Waals surface area contributed by atoms with Gasteiger partial charge < -0.3 is 20.7 Å². The van der Waals surface area contributed by atoms with Gasteiger partial charge in [0.25, 0.3) is 5.91 Å². The van der Waals surface area contributed by atoms with E-state index in [1.807, 2.05) is 13.8 Å². The Balaban J connectivity index is 2.33. The van der Waals surface area contributed by atoms with Gasteiger partial charge in [0.15, 0.2) is 5.96 Å². The van der Waals surface area contributed by atoms with Gasteiger partial charge in [0, 0.05) is 26.2 Å². The number of halogens is 1. The summed E-state index contributed by atoms with van der Waals surface area (Å²) in [7, 11) is 0. The molecule has 0 aliphatic carbocycles. The van der Waals surface area contributed by atoms with Gasteiger partial charge in [0.05, 0.1) is 23.7 Å². The van der Waals surface area contributed by atoms with Gasteiger partial charge in [-0.05, 0) is 26.0 Å². The Hall–Kier alpha value is -1.79. The first kappa shape index (κ1) is 19.3. The Labute approximate surface area is 142 Å². The molecule has 1 aromatic carbocycles. The van der Waals surface area contributed by atoms with Crippen molar-refractivity contribution in [3.63, 3.8) is 0 Å². The second-order valence-corrected chi connectivity index (χ2v) is 5.03. The molecule has 0 unspecified atom stereocenters. The Morgan fingerprint density at radius 2 is 1.91 bits per heavy atom. The summed E-state index contributed by atoms with van der Waals surface area (Å²) in [5.74, 6) is 0.523. The number of benzene rings is 1. The topological polar surface area (TPSA) is 74.8 Å². The monoisotopic (exact) mass is 340 g/mol. The molecule has 7 heteroatoms. The van der Waals surface area contributed by atoms with Crippen LogP contribution >= 0.6 is 11.6 Å². The van der Waals surface area contributed by atoms with Crippen molar-refractivity contribution < 1.29 is 9.53 Å². The molecule has 0 spiro atoms. The molecule has 0 aliphatic rings. The number of nitrogens with zero attached hydrogens (tertiary/aromatic N) is 1. The maximum atomic E-state index is 12.0. The highest BCUT2D eigenvalue weighted by molar-refractivity contribution is 6.33. The highest BCUT2D eigenvalue weighted by Gasteiger charge is 2.08. The van der Waals surface area contributed by atoms with Gasteiger partial charge in [-0.15, -0.1) is 0 Å². The molecule has 1 amide bonds. The lowest BCUT2D eigenvalue weighted by atomic mass is 10.2. The van der Waals surface area contributed by atoms with Gasteiger partial charge in [-0.2, -0.15) is 0 Å². The maximum Gasteiger partial charge on any atom is 0.252 e. The predicted octanol–water partition coefficient (Wildman–Crippen LogP) is 1.66. The van der Waals surface area contributed by atoms with Gasteiger partial charge in [-0.3, -0.25) is 9.79 Å². The molecular weight excluding hydrogens is 316 g/mol. The minimum absolute atomic E-state index is 0.185. The predicted molar refractivity (Wildman–Crippen MR) is 94.3 cm³/mol. The summed E-state index contributed by atoms with van der Waals surface area (Å²) in [5.41, 5.74) is 0.478.